The van der Waals surface area contributed by atoms with Crippen molar-refractivity contribution in [2.75, 3.05) is 0 Å². The van der Waals surface area contributed by atoms with E-state index >= 15 is 0 Å². The standard InChI is InChI=1S/C24H36O/c1-6-24(5,25)21-10-9-19-18-8-7-17-15-16(2)11-13-22(17,3)20(18)12-14-23(19,21)4/h1,7,16,18-21,25H,8-15H2,2-5H3/t16-,18?,19?,20?,21?,22-,23-,24-/m0/s1. The van der Waals surface area contributed by atoms with E-state index in [0.29, 0.717) is 5.41 Å². The minimum absolute atomic E-state index is 0.223. The second kappa shape index (κ2) is 5.63. The molecule has 0 bridgehead atoms. The highest BCUT2D eigenvalue weighted by Crippen LogP contribution is 2.67. The summed E-state index contributed by atoms with van der Waals surface area (Å²) in [5, 5.41) is 10.8. The number of aliphatic hydroxyl groups is 1. The van der Waals surface area contributed by atoms with E-state index in [-0.39, 0.29) is 11.3 Å². The summed E-state index contributed by atoms with van der Waals surface area (Å²) >= 11 is 0. The van der Waals surface area contributed by atoms with Crippen LogP contribution in [0.3, 0.4) is 0 Å². The predicted molar refractivity (Wildman–Crippen MR) is 104 cm³/mol. The molecule has 1 nitrogen and oxygen atoms in total. The molecule has 0 aromatic carbocycles. The van der Waals surface area contributed by atoms with Gasteiger partial charge in [0.05, 0.1) is 0 Å². The van der Waals surface area contributed by atoms with Crippen LogP contribution in [0, 0.1) is 52.8 Å². The first-order valence-electron chi connectivity index (χ1n) is 10.6. The van der Waals surface area contributed by atoms with E-state index in [2.05, 4.69) is 32.8 Å². The summed E-state index contributed by atoms with van der Waals surface area (Å²) < 4.78 is 0. The van der Waals surface area contributed by atoms with E-state index < -0.39 is 5.60 Å². The number of allylic oxidation sites excluding steroid dienone is 2. The molecule has 1 heteroatoms. The predicted octanol–water partition coefficient (Wildman–Crippen LogP) is 5.59. The van der Waals surface area contributed by atoms with Gasteiger partial charge in [-0.3, -0.25) is 0 Å². The van der Waals surface area contributed by atoms with Crippen LogP contribution in [-0.2, 0) is 0 Å². The molecule has 0 spiro atoms. The zero-order chi connectivity index (χ0) is 18.0. The summed E-state index contributed by atoms with van der Waals surface area (Å²) in [6.07, 6.45) is 18.7. The largest absolute Gasteiger partial charge is 0.378 e. The van der Waals surface area contributed by atoms with E-state index in [4.69, 9.17) is 6.42 Å². The lowest BCUT2D eigenvalue weighted by Gasteiger charge is -2.58. The van der Waals surface area contributed by atoms with Crippen molar-refractivity contribution < 1.29 is 5.11 Å². The molecule has 4 aliphatic rings. The third-order valence-corrected chi connectivity index (χ3v) is 9.32. The highest BCUT2D eigenvalue weighted by molar-refractivity contribution is 5.26. The molecule has 8 atom stereocenters. The Hall–Kier alpha value is -0.740. The molecule has 0 heterocycles. The quantitative estimate of drug-likeness (QED) is 0.487. The average molecular weight is 341 g/mol. The van der Waals surface area contributed by atoms with Crippen molar-refractivity contribution in [1.29, 1.82) is 0 Å². The van der Waals surface area contributed by atoms with E-state index in [1.807, 2.05) is 6.92 Å². The molecule has 0 amide bonds. The van der Waals surface area contributed by atoms with Gasteiger partial charge in [-0.1, -0.05) is 38.3 Å². The van der Waals surface area contributed by atoms with Crippen LogP contribution in [0.1, 0.15) is 79.1 Å². The monoisotopic (exact) mass is 340 g/mol. The Labute approximate surface area is 154 Å². The summed E-state index contributed by atoms with van der Waals surface area (Å²) in [6.45, 7) is 9.32. The third kappa shape index (κ3) is 2.39. The smallest absolute Gasteiger partial charge is 0.125 e. The summed E-state index contributed by atoms with van der Waals surface area (Å²) in [4.78, 5) is 0. The second-order valence-electron chi connectivity index (χ2n) is 10.6. The van der Waals surface area contributed by atoms with Crippen molar-refractivity contribution in [1.82, 2.24) is 0 Å². The SMILES string of the molecule is C#C[C@](C)(O)C1CCC2C3CC=C4C[C@@H](C)CC[C@]4(C)C3CC[C@@]21C. The first-order valence-corrected chi connectivity index (χ1v) is 10.6. The van der Waals surface area contributed by atoms with Gasteiger partial charge in [-0.05, 0) is 92.8 Å². The fourth-order valence-electron chi connectivity index (χ4n) is 7.87. The Kier molecular flexibility index (Phi) is 3.98. The summed E-state index contributed by atoms with van der Waals surface area (Å²) in [5.41, 5.74) is 1.50. The Balaban J connectivity index is 1.66. The van der Waals surface area contributed by atoms with E-state index in [0.717, 1.165) is 30.1 Å². The molecule has 3 fully saturated rings. The molecule has 0 aromatic rings. The maximum Gasteiger partial charge on any atom is 0.125 e. The molecule has 4 rings (SSSR count). The van der Waals surface area contributed by atoms with Crippen molar-refractivity contribution in [2.45, 2.75) is 84.7 Å². The molecular weight excluding hydrogens is 304 g/mol. The minimum Gasteiger partial charge on any atom is -0.378 e. The first-order chi connectivity index (χ1) is 11.7. The normalized spacial score (nSPS) is 51.4. The molecule has 0 aromatic heterocycles. The van der Waals surface area contributed by atoms with Gasteiger partial charge in [0, 0.05) is 5.92 Å². The zero-order valence-electron chi connectivity index (χ0n) is 16.6. The van der Waals surface area contributed by atoms with Gasteiger partial charge < -0.3 is 5.11 Å². The lowest BCUT2D eigenvalue weighted by atomic mass is 9.46. The fraction of sp³-hybridized carbons (Fsp3) is 0.833. The molecule has 1 N–H and O–H groups in total. The second-order valence-corrected chi connectivity index (χ2v) is 10.6. The zero-order valence-corrected chi connectivity index (χ0v) is 16.6. The van der Waals surface area contributed by atoms with Crippen LogP contribution in [0.25, 0.3) is 0 Å². The van der Waals surface area contributed by atoms with Crippen LogP contribution < -0.4 is 0 Å². The minimum atomic E-state index is -0.948. The summed E-state index contributed by atoms with van der Waals surface area (Å²) in [5.74, 6) is 6.25. The van der Waals surface area contributed by atoms with E-state index in [1.165, 1.54) is 44.9 Å². The van der Waals surface area contributed by atoms with Crippen molar-refractivity contribution in [3.05, 3.63) is 11.6 Å². The molecule has 4 aliphatic carbocycles. The highest BCUT2D eigenvalue weighted by Gasteiger charge is 2.61. The third-order valence-electron chi connectivity index (χ3n) is 9.32. The maximum atomic E-state index is 10.8. The Bertz CT molecular complexity index is 622. The van der Waals surface area contributed by atoms with Crippen LogP contribution in [0.15, 0.2) is 11.6 Å². The van der Waals surface area contributed by atoms with Crippen LogP contribution >= 0.6 is 0 Å². The number of fused-ring (bicyclic) bond motifs is 5. The highest BCUT2D eigenvalue weighted by atomic mass is 16.3. The lowest BCUT2D eigenvalue weighted by molar-refractivity contribution is -0.0801. The van der Waals surface area contributed by atoms with Crippen LogP contribution in [0.2, 0.25) is 0 Å². The summed E-state index contributed by atoms with van der Waals surface area (Å²) in [6, 6.07) is 0. The van der Waals surface area contributed by atoms with Gasteiger partial charge in [0.2, 0.25) is 0 Å². The van der Waals surface area contributed by atoms with Gasteiger partial charge in [-0.25, -0.2) is 0 Å². The maximum absolute atomic E-state index is 10.8. The molecule has 0 aliphatic heterocycles. The number of terminal acetylenes is 1. The Morgan fingerprint density at radius 1 is 1.16 bits per heavy atom. The molecule has 3 saturated carbocycles. The van der Waals surface area contributed by atoms with Gasteiger partial charge in [0.1, 0.15) is 5.60 Å². The fourth-order valence-corrected chi connectivity index (χ4v) is 7.87. The van der Waals surface area contributed by atoms with Crippen molar-refractivity contribution in [3.8, 4) is 12.3 Å². The molecule has 25 heavy (non-hydrogen) atoms. The van der Waals surface area contributed by atoms with Crippen LogP contribution in [0.5, 0.6) is 0 Å². The van der Waals surface area contributed by atoms with E-state index in [1.54, 1.807) is 5.57 Å². The number of rotatable bonds is 1. The number of hydrogen-bond donors (Lipinski definition) is 1. The first kappa shape index (κ1) is 17.7. The van der Waals surface area contributed by atoms with Crippen molar-refractivity contribution in [2.24, 2.45) is 40.4 Å². The van der Waals surface area contributed by atoms with E-state index in [9.17, 15) is 5.11 Å². The Morgan fingerprint density at radius 2 is 1.92 bits per heavy atom. The van der Waals surface area contributed by atoms with Gasteiger partial charge in [-0.2, -0.15) is 0 Å². The lowest BCUT2D eigenvalue weighted by Crippen LogP contribution is -2.52. The Morgan fingerprint density at radius 3 is 2.64 bits per heavy atom. The van der Waals surface area contributed by atoms with Gasteiger partial charge in [0.15, 0.2) is 0 Å². The molecule has 0 radical (unpaired) electrons. The van der Waals surface area contributed by atoms with Gasteiger partial charge in [-0.15, -0.1) is 6.42 Å². The molecular formula is C24H36O. The van der Waals surface area contributed by atoms with Crippen LogP contribution in [-0.4, -0.2) is 10.7 Å². The van der Waals surface area contributed by atoms with Crippen molar-refractivity contribution in [3.63, 3.8) is 0 Å². The molecule has 0 saturated heterocycles. The van der Waals surface area contributed by atoms with Gasteiger partial charge in [0.25, 0.3) is 0 Å². The number of hydrogen-bond acceptors (Lipinski definition) is 1. The van der Waals surface area contributed by atoms with Crippen molar-refractivity contribution >= 4 is 0 Å². The van der Waals surface area contributed by atoms with Crippen LogP contribution in [0.4, 0.5) is 0 Å². The topological polar surface area (TPSA) is 20.2 Å². The van der Waals surface area contributed by atoms with Gasteiger partial charge >= 0.3 is 0 Å². The molecule has 4 unspecified atom stereocenters. The molecule has 138 valence electrons. The summed E-state index contributed by atoms with van der Waals surface area (Å²) in [7, 11) is 0. The average Bonchev–Trinajstić information content (AvgIpc) is 2.93.